The van der Waals surface area contributed by atoms with Crippen LogP contribution >= 0.6 is 0 Å². The van der Waals surface area contributed by atoms with Gasteiger partial charge in [0.1, 0.15) is 6.07 Å². The third-order valence-electron chi connectivity index (χ3n) is 13.4. The summed E-state index contributed by atoms with van der Waals surface area (Å²) in [6.07, 6.45) is 11.6. The fourth-order valence-corrected chi connectivity index (χ4v) is 11.3. The summed E-state index contributed by atoms with van der Waals surface area (Å²) in [4.78, 5) is 27.1. The van der Waals surface area contributed by atoms with Crippen molar-refractivity contribution in [1.29, 1.82) is 5.26 Å². The molecule has 0 bridgehead atoms. The largest absolute Gasteiger partial charge is 0.356 e. The van der Waals surface area contributed by atoms with E-state index in [4.69, 9.17) is 0 Å². The van der Waals surface area contributed by atoms with Crippen LogP contribution in [0.2, 0.25) is 0 Å². The summed E-state index contributed by atoms with van der Waals surface area (Å²) in [5.41, 5.74) is 0.941. The van der Waals surface area contributed by atoms with Crippen LogP contribution in [0.1, 0.15) is 106 Å². The number of nitrogens with zero attached hydrogens (tertiary/aromatic N) is 1. The molecule has 5 rings (SSSR count). The number of hydrogen-bond donors (Lipinski definition) is 1. The van der Waals surface area contributed by atoms with Crippen molar-refractivity contribution in [3.8, 4) is 6.07 Å². The van der Waals surface area contributed by atoms with Crippen LogP contribution in [0.3, 0.4) is 0 Å². The first-order valence-electron chi connectivity index (χ1n) is 15.3. The molecular weight excluding hydrogens is 468 g/mol. The lowest BCUT2D eigenvalue weighted by Crippen LogP contribution is -2.65. The molecule has 4 saturated carbocycles. The highest BCUT2D eigenvalue weighted by atomic mass is 16.2. The molecule has 0 aromatic rings. The van der Waals surface area contributed by atoms with Crippen molar-refractivity contribution in [3.63, 3.8) is 0 Å². The molecule has 38 heavy (non-hydrogen) atoms. The molecule has 4 nitrogen and oxygen atoms in total. The van der Waals surface area contributed by atoms with Gasteiger partial charge in [0.2, 0.25) is 5.91 Å². The van der Waals surface area contributed by atoms with Crippen molar-refractivity contribution in [3.05, 3.63) is 23.8 Å². The highest BCUT2D eigenvalue weighted by Gasteiger charge is 2.70. The van der Waals surface area contributed by atoms with Gasteiger partial charge in [0.15, 0.2) is 5.78 Å². The van der Waals surface area contributed by atoms with Gasteiger partial charge in [-0.15, -0.1) is 0 Å². The Kier molecular flexibility index (Phi) is 6.41. The number of ketones is 1. The molecule has 0 aliphatic heterocycles. The van der Waals surface area contributed by atoms with Crippen molar-refractivity contribution >= 4 is 11.7 Å². The number of carbonyl (C=O) groups excluding carboxylic acids is 2. The first kappa shape index (κ1) is 27.7. The van der Waals surface area contributed by atoms with Crippen LogP contribution in [0.25, 0.3) is 0 Å². The standard InChI is InChI=1S/C34H50N2O2/c1-9-36-29(38)34-15-13-24(21(2)3)27(34)25-10-11-26-31(6)18-22(20-35)28(37)30(4,5)19-23(31)12-14-33(26,8)32(25,7)16-17-34/h18,23-27H,2,9-17,19H2,1,3-8H3,(H,36,38)/t23?,24-,25?,26+,27?,31-,32+,33+,34?/m0/s1. The Balaban J connectivity index is 1.59. The molecule has 5 aliphatic rings. The summed E-state index contributed by atoms with van der Waals surface area (Å²) in [5.74, 6) is 2.42. The highest BCUT2D eigenvalue weighted by molar-refractivity contribution is 6.03. The predicted octanol–water partition coefficient (Wildman–Crippen LogP) is 7.41. The number of Topliss-reactive ketones (excluding diaryl/α,β-unsaturated/α-hetero) is 1. The van der Waals surface area contributed by atoms with Crippen LogP contribution in [0, 0.1) is 68.0 Å². The average molecular weight is 519 g/mol. The Bertz CT molecular complexity index is 1130. The summed E-state index contributed by atoms with van der Waals surface area (Å²) in [7, 11) is 0. The van der Waals surface area contributed by atoms with Gasteiger partial charge in [0, 0.05) is 12.0 Å². The van der Waals surface area contributed by atoms with Crippen LogP contribution in [0.4, 0.5) is 0 Å². The van der Waals surface area contributed by atoms with Gasteiger partial charge >= 0.3 is 0 Å². The molecule has 0 aromatic heterocycles. The molecule has 4 unspecified atom stereocenters. The zero-order valence-corrected chi connectivity index (χ0v) is 25.0. The molecule has 1 amide bonds. The quantitative estimate of drug-likeness (QED) is 0.396. The second kappa shape index (κ2) is 8.81. The molecule has 0 heterocycles. The Morgan fingerprint density at radius 1 is 1.05 bits per heavy atom. The third kappa shape index (κ3) is 3.45. The molecule has 4 fully saturated rings. The number of nitriles is 1. The van der Waals surface area contributed by atoms with Gasteiger partial charge in [-0.25, -0.2) is 0 Å². The first-order chi connectivity index (χ1) is 17.7. The lowest BCUT2D eigenvalue weighted by atomic mass is 9.34. The molecule has 0 radical (unpaired) electrons. The molecule has 0 saturated heterocycles. The van der Waals surface area contributed by atoms with Gasteiger partial charge in [0.25, 0.3) is 0 Å². The van der Waals surface area contributed by atoms with E-state index in [1.807, 2.05) is 20.8 Å². The van der Waals surface area contributed by atoms with E-state index in [0.717, 1.165) is 51.4 Å². The van der Waals surface area contributed by atoms with Crippen molar-refractivity contribution < 1.29 is 9.59 Å². The van der Waals surface area contributed by atoms with Crippen LogP contribution in [-0.4, -0.2) is 18.2 Å². The van der Waals surface area contributed by atoms with Crippen molar-refractivity contribution in [2.45, 2.75) is 106 Å². The smallest absolute Gasteiger partial charge is 0.226 e. The van der Waals surface area contributed by atoms with Gasteiger partial charge in [-0.3, -0.25) is 9.59 Å². The van der Waals surface area contributed by atoms with Gasteiger partial charge in [-0.1, -0.05) is 52.8 Å². The Hall–Kier alpha value is -1.89. The van der Waals surface area contributed by atoms with E-state index < -0.39 is 5.41 Å². The summed E-state index contributed by atoms with van der Waals surface area (Å²) >= 11 is 0. The maximum absolute atomic E-state index is 13.7. The third-order valence-corrected chi connectivity index (χ3v) is 13.4. The average Bonchev–Trinajstić information content (AvgIpc) is 3.23. The minimum Gasteiger partial charge on any atom is -0.356 e. The van der Waals surface area contributed by atoms with E-state index in [2.05, 4.69) is 51.7 Å². The zero-order chi connectivity index (χ0) is 27.9. The fraction of sp³-hybridized carbons (Fsp3) is 0.794. The van der Waals surface area contributed by atoms with E-state index in [1.54, 1.807) is 0 Å². The number of amides is 1. The molecule has 0 aromatic carbocycles. The maximum atomic E-state index is 13.7. The van der Waals surface area contributed by atoms with Crippen molar-refractivity contribution in [2.24, 2.45) is 56.7 Å². The molecule has 4 heteroatoms. The number of nitrogens with one attached hydrogen (secondary N) is 1. The van der Waals surface area contributed by atoms with E-state index in [1.165, 1.54) is 12.0 Å². The molecule has 5 aliphatic carbocycles. The second-order valence-corrected chi connectivity index (χ2v) is 15.3. The lowest BCUT2D eigenvalue weighted by Gasteiger charge is -2.70. The van der Waals surface area contributed by atoms with Crippen LogP contribution in [0.5, 0.6) is 0 Å². The van der Waals surface area contributed by atoms with Gasteiger partial charge in [-0.05, 0) is 117 Å². The molecule has 9 atom stereocenters. The minimum absolute atomic E-state index is 0.0249. The van der Waals surface area contributed by atoms with Crippen molar-refractivity contribution in [1.82, 2.24) is 5.32 Å². The number of carbonyl (C=O) groups is 2. The second-order valence-electron chi connectivity index (χ2n) is 15.3. The van der Waals surface area contributed by atoms with Gasteiger partial charge in [0.05, 0.1) is 11.0 Å². The SMILES string of the molecule is C=C(C)[C@@H]1CCC2(C(=O)NCC)CC[C@]3(C)C(CC[C@@H]4[C@@]5(C)C=C(C#N)C(=O)C(C)(C)CC5CC[C@]43C)C12. The number of hydrogen-bond acceptors (Lipinski definition) is 3. The summed E-state index contributed by atoms with van der Waals surface area (Å²) in [6.45, 7) is 20.9. The predicted molar refractivity (Wildman–Crippen MR) is 152 cm³/mol. The summed E-state index contributed by atoms with van der Waals surface area (Å²) < 4.78 is 0. The first-order valence-corrected chi connectivity index (χ1v) is 15.3. The Morgan fingerprint density at radius 3 is 2.39 bits per heavy atom. The van der Waals surface area contributed by atoms with Crippen LogP contribution in [0.15, 0.2) is 23.8 Å². The normalized spacial score (nSPS) is 47.3. The molecule has 208 valence electrons. The van der Waals surface area contributed by atoms with Gasteiger partial charge in [-0.2, -0.15) is 5.26 Å². The van der Waals surface area contributed by atoms with Crippen LogP contribution in [-0.2, 0) is 9.59 Å². The fourth-order valence-electron chi connectivity index (χ4n) is 11.3. The summed E-state index contributed by atoms with van der Waals surface area (Å²) in [5, 5.41) is 13.3. The summed E-state index contributed by atoms with van der Waals surface area (Å²) in [6, 6.07) is 2.32. The van der Waals surface area contributed by atoms with E-state index in [9.17, 15) is 14.9 Å². The lowest BCUT2D eigenvalue weighted by molar-refractivity contribution is -0.210. The monoisotopic (exact) mass is 518 g/mol. The highest BCUT2D eigenvalue weighted by Crippen LogP contribution is 2.76. The maximum Gasteiger partial charge on any atom is 0.226 e. The van der Waals surface area contributed by atoms with E-state index >= 15 is 0 Å². The Labute approximate surface area is 231 Å². The van der Waals surface area contributed by atoms with Crippen molar-refractivity contribution in [2.75, 3.05) is 6.54 Å². The van der Waals surface area contributed by atoms with Gasteiger partial charge < -0.3 is 5.32 Å². The van der Waals surface area contributed by atoms with Crippen LogP contribution < -0.4 is 5.32 Å². The number of rotatable bonds is 3. The topological polar surface area (TPSA) is 70.0 Å². The van der Waals surface area contributed by atoms with E-state index in [0.29, 0.717) is 41.7 Å². The zero-order valence-electron chi connectivity index (χ0n) is 25.0. The molecule has 1 N–H and O–H groups in total. The van der Waals surface area contributed by atoms with E-state index in [-0.39, 0.29) is 33.4 Å². The molecule has 0 spiro atoms. The minimum atomic E-state index is -0.492. The Morgan fingerprint density at radius 2 is 1.76 bits per heavy atom. The number of fused-ring (bicyclic) bond motifs is 7. The number of allylic oxidation sites excluding steroid dienone is 3. The molecular formula is C34H50N2O2.